The molecular formula is C21H33NO3. The van der Waals surface area contributed by atoms with E-state index in [1.165, 1.54) is 12.0 Å². The third-order valence-electron chi connectivity index (χ3n) is 8.67. The zero-order valence-corrected chi connectivity index (χ0v) is 15.8. The fourth-order valence-corrected chi connectivity index (χ4v) is 7.53. The lowest BCUT2D eigenvalue weighted by Gasteiger charge is -2.59. The molecule has 4 rings (SSSR count). The van der Waals surface area contributed by atoms with Crippen molar-refractivity contribution in [3.05, 3.63) is 11.6 Å². The van der Waals surface area contributed by atoms with Crippen LogP contribution in [0.2, 0.25) is 0 Å². The van der Waals surface area contributed by atoms with Gasteiger partial charge in [-0.3, -0.25) is 0 Å². The van der Waals surface area contributed by atoms with Crippen molar-refractivity contribution >= 4 is 5.71 Å². The molecule has 0 aromatic rings. The van der Waals surface area contributed by atoms with Crippen LogP contribution in [0.25, 0.3) is 0 Å². The van der Waals surface area contributed by atoms with E-state index in [2.05, 4.69) is 25.1 Å². The number of allylic oxidation sites excluding steroid dienone is 1. The molecule has 0 aromatic carbocycles. The SMILES string of the molecule is C/C(=N\O)[C@H]1CCC2C3CC=C4C[C@@H](O)CC[C@]4(C)C3[C@@H](O)C[C@@]21C. The summed E-state index contributed by atoms with van der Waals surface area (Å²) in [5, 5.41) is 34.2. The number of aliphatic hydroxyl groups excluding tert-OH is 2. The second kappa shape index (κ2) is 5.82. The molecular weight excluding hydrogens is 314 g/mol. The molecule has 3 N–H and O–H groups in total. The summed E-state index contributed by atoms with van der Waals surface area (Å²) in [7, 11) is 0. The predicted octanol–water partition coefficient (Wildman–Crippen LogP) is 3.75. The summed E-state index contributed by atoms with van der Waals surface area (Å²) >= 11 is 0. The van der Waals surface area contributed by atoms with Gasteiger partial charge in [0, 0.05) is 5.92 Å². The van der Waals surface area contributed by atoms with Crippen LogP contribution in [0.15, 0.2) is 16.8 Å². The van der Waals surface area contributed by atoms with Gasteiger partial charge in [-0.05, 0) is 80.5 Å². The maximum atomic E-state index is 11.3. The van der Waals surface area contributed by atoms with E-state index in [0.29, 0.717) is 17.8 Å². The van der Waals surface area contributed by atoms with E-state index in [-0.39, 0.29) is 29.0 Å². The molecule has 4 heteroatoms. The van der Waals surface area contributed by atoms with Crippen molar-refractivity contribution in [2.24, 2.45) is 39.7 Å². The van der Waals surface area contributed by atoms with Crippen LogP contribution in [-0.2, 0) is 0 Å². The number of hydrogen-bond donors (Lipinski definition) is 3. The number of oxime groups is 1. The summed E-state index contributed by atoms with van der Waals surface area (Å²) < 4.78 is 0. The van der Waals surface area contributed by atoms with Crippen LogP contribution in [0.3, 0.4) is 0 Å². The highest BCUT2D eigenvalue weighted by atomic mass is 16.4. The Bertz CT molecular complexity index is 614. The molecule has 0 aromatic heterocycles. The van der Waals surface area contributed by atoms with Crippen LogP contribution >= 0.6 is 0 Å². The van der Waals surface area contributed by atoms with Crippen molar-refractivity contribution < 1.29 is 15.4 Å². The highest BCUT2D eigenvalue weighted by Crippen LogP contribution is 2.66. The standard InChI is InChI=1S/C21H33NO3/c1-12(22-25)16-6-7-17-15-5-4-13-10-14(23)8-9-20(13,2)19(15)18(24)11-21(16,17)3/h4,14-19,23-25H,5-11H2,1-3H3/b22-12+/t14-,15?,16+,17?,18-,19?,20-,21+/m0/s1. The van der Waals surface area contributed by atoms with E-state index in [9.17, 15) is 15.4 Å². The summed E-state index contributed by atoms with van der Waals surface area (Å²) in [4.78, 5) is 0. The summed E-state index contributed by atoms with van der Waals surface area (Å²) in [6.45, 7) is 6.58. The Labute approximate surface area is 151 Å². The molecule has 4 aliphatic rings. The van der Waals surface area contributed by atoms with Gasteiger partial charge in [-0.2, -0.15) is 0 Å². The lowest BCUT2D eigenvalue weighted by Crippen LogP contribution is -2.56. The predicted molar refractivity (Wildman–Crippen MR) is 97.5 cm³/mol. The van der Waals surface area contributed by atoms with Crippen LogP contribution in [0.5, 0.6) is 0 Å². The van der Waals surface area contributed by atoms with Gasteiger partial charge in [0.1, 0.15) is 0 Å². The molecule has 3 saturated carbocycles. The Morgan fingerprint density at radius 1 is 1.20 bits per heavy atom. The first kappa shape index (κ1) is 17.5. The molecule has 0 bridgehead atoms. The molecule has 0 spiro atoms. The molecule has 4 nitrogen and oxygen atoms in total. The van der Waals surface area contributed by atoms with Crippen molar-refractivity contribution in [2.75, 3.05) is 0 Å². The molecule has 0 heterocycles. The zero-order valence-electron chi connectivity index (χ0n) is 15.8. The molecule has 3 fully saturated rings. The monoisotopic (exact) mass is 347 g/mol. The first-order chi connectivity index (χ1) is 11.8. The minimum Gasteiger partial charge on any atom is -0.411 e. The average molecular weight is 347 g/mol. The van der Waals surface area contributed by atoms with Gasteiger partial charge in [0.15, 0.2) is 0 Å². The molecule has 4 aliphatic carbocycles. The smallest absolute Gasteiger partial charge is 0.0585 e. The third-order valence-corrected chi connectivity index (χ3v) is 8.67. The fourth-order valence-electron chi connectivity index (χ4n) is 7.53. The van der Waals surface area contributed by atoms with E-state index in [4.69, 9.17) is 0 Å². The normalized spacial score (nSPS) is 52.8. The van der Waals surface area contributed by atoms with Crippen LogP contribution in [-0.4, -0.2) is 33.3 Å². The highest BCUT2D eigenvalue weighted by Gasteiger charge is 2.61. The molecule has 0 saturated heterocycles. The van der Waals surface area contributed by atoms with Crippen molar-refractivity contribution in [3.63, 3.8) is 0 Å². The summed E-state index contributed by atoms with van der Waals surface area (Å²) in [6, 6.07) is 0. The van der Waals surface area contributed by atoms with Gasteiger partial charge < -0.3 is 15.4 Å². The number of hydrogen-bond acceptors (Lipinski definition) is 4. The van der Waals surface area contributed by atoms with Crippen LogP contribution in [0, 0.1) is 34.5 Å². The zero-order chi connectivity index (χ0) is 18.0. The number of rotatable bonds is 1. The Hall–Kier alpha value is -0.870. The van der Waals surface area contributed by atoms with E-state index in [1.54, 1.807) is 0 Å². The lowest BCUT2D eigenvalue weighted by molar-refractivity contribution is -0.120. The molecule has 0 aliphatic heterocycles. The van der Waals surface area contributed by atoms with E-state index in [0.717, 1.165) is 44.2 Å². The van der Waals surface area contributed by atoms with Gasteiger partial charge in [-0.1, -0.05) is 30.7 Å². The first-order valence-electron chi connectivity index (χ1n) is 10.1. The molecule has 25 heavy (non-hydrogen) atoms. The lowest BCUT2D eigenvalue weighted by atomic mass is 9.46. The molecule has 140 valence electrons. The van der Waals surface area contributed by atoms with Gasteiger partial charge in [0.2, 0.25) is 0 Å². The largest absolute Gasteiger partial charge is 0.411 e. The third kappa shape index (κ3) is 2.36. The maximum absolute atomic E-state index is 11.3. The Morgan fingerprint density at radius 3 is 2.68 bits per heavy atom. The summed E-state index contributed by atoms with van der Waals surface area (Å²) in [6.07, 6.45) is 8.58. The maximum Gasteiger partial charge on any atom is 0.0585 e. The van der Waals surface area contributed by atoms with Gasteiger partial charge in [-0.15, -0.1) is 0 Å². The average Bonchev–Trinajstić information content (AvgIpc) is 2.91. The van der Waals surface area contributed by atoms with Crippen molar-refractivity contribution in [1.82, 2.24) is 0 Å². The van der Waals surface area contributed by atoms with E-state index in [1.807, 2.05) is 6.92 Å². The molecule has 0 radical (unpaired) electrons. The second-order valence-corrected chi connectivity index (χ2v) is 9.72. The van der Waals surface area contributed by atoms with Gasteiger partial charge >= 0.3 is 0 Å². The van der Waals surface area contributed by atoms with Crippen LogP contribution in [0.1, 0.15) is 65.7 Å². The Morgan fingerprint density at radius 2 is 1.96 bits per heavy atom. The second-order valence-electron chi connectivity index (χ2n) is 9.72. The Balaban J connectivity index is 1.71. The fraction of sp³-hybridized carbons (Fsp3) is 0.857. The van der Waals surface area contributed by atoms with E-state index >= 15 is 0 Å². The summed E-state index contributed by atoms with van der Waals surface area (Å²) in [5.41, 5.74) is 2.29. The van der Waals surface area contributed by atoms with Gasteiger partial charge in [0.25, 0.3) is 0 Å². The number of aliphatic hydroxyl groups is 2. The van der Waals surface area contributed by atoms with Crippen LogP contribution in [0.4, 0.5) is 0 Å². The molecule has 0 amide bonds. The highest BCUT2D eigenvalue weighted by molar-refractivity contribution is 5.85. The quantitative estimate of drug-likeness (QED) is 0.293. The first-order valence-corrected chi connectivity index (χ1v) is 10.1. The minimum absolute atomic E-state index is 0.0345. The molecule has 3 unspecified atom stereocenters. The van der Waals surface area contributed by atoms with E-state index < -0.39 is 0 Å². The van der Waals surface area contributed by atoms with Crippen LogP contribution < -0.4 is 0 Å². The van der Waals surface area contributed by atoms with Gasteiger partial charge in [0.05, 0.1) is 17.9 Å². The van der Waals surface area contributed by atoms with Crippen molar-refractivity contribution in [1.29, 1.82) is 0 Å². The minimum atomic E-state index is -0.303. The molecule has 8 atom stereocenters. The topological polar surface area (TPSA) is 73.1 Å². The van der Waals surface area contributed by atoms with Crippen molar-refractivity contribution in [3.8, 4) is 0 Å². The van der Waals surface area contributed by atoms with Crippen molar-refractivity contribution in [2.45, 2.75) is 77.9 Å². The number of fused-ring (bicyclic) bond motifs is 5. The Kier molecular flexibility index (Phi) is 4.08. The number of nitrogens with zero attached hydrogens (tertiary/aromatic N) is 1. The van der Waals surface area contributed by atoms with Gasteiger partial charge in [-0.25, -0.2) is 0 Å². The summed E-state index contributed by atoms with van der Waals surface area (Å²) in [5.74, 6) is 1.69.